The zero-order valence-corrected chi connectivity index (χ0v) is 15.0. The van der Waals surface area contributed by atoms with Crippen molar-refractivity contribution in [2.45, 2.75) is 20.3 Å². The van der Waals surface area contributed by atoms with Crippen LogP contribution in [-0.2, 0) is 6.42 Å². The molecule has 2 aromatic carbocycles. The van der Waals surface area contributed by atoms with Crippen molar-refractivity contribution in [1.82, 2.24) is 14.8 Å². The third-order valence-corrected chi connectivity index (χ3v) is 4.44. The number of nitrogens with one attached hydrogen (secondary N) is 1. The van der Waals surface area contributed by atoms with Crippen LogP contribution in [0.2, 0.25) is 5.02 Å². The number of hydrogen-bond donors (Lipinski definition) is 1. The van der Waals surface area contributed by atoms with Crippen LogP contribution in [0, 0.1) is 6.92 Å². The lowest BCUT2D eigenvalue weighted by Crippen LogP contribution is -2.30. The minimum atomic E-state index is -0.625. The molecule has 6 nitrogen and oxygen atoms in total. The summed E-state index contributed by atoms with van der Waals surface area (Å²) >= 11 is 6.43. The number of aryl methyl sites for hydroxylation is 1. The summed E-state index contributed by atoms with van der Waals surface area (Å²) in [6.07, 6.45) is 1.63. The van der Waals surface area contributed by atoms with Crippen LogP contribution in [0.4, 0.5) is 0 Å². The second-order valence-corrected chi connectivity index (χ2v) is 6.41. The van der Waals surface area contributed by atoms with Gasteiger partial charge in [-0.1, -0.05) is 35.9 Å². The number of aromatic nitrogens is 3. The highest BCUT2D eigenvalue weighted by molar-refractivity contribution is 6.31. The molecule has 0 aliphatic carbocycles. The molecular weight excluding hydrogens is 354 g/mol. The van der Waals surface area contributed by atoms with Gasteiger partial charge < -0.3 is 0 Å². The Morgan fingerprint density at radius 3 is 2.46 bits per heavy atom. The van der Waals surface area contributed by atoms with Crippen LogP contribution in [0.3, 0.4) is 0 Å². The molecule has 0 bridgehead atoms. The summed E-state index contributed by atoms with van der Waals surface area (Å²) in [6, 6.07) is 10.8. The monoisotopic (exact) mass is 369 g/mol. The topological polar surface area (TPSA) is 84.8 Å². The van der Waals surface area contributed by atoms with E-state index in [2.05, 4.69) is 10.1 Å². The molecule has 0 saturated heterocycles. The summed E-state index contributed by atoms with van der Waals surface area (Å²) in [5, 5.41) is 4.34. The second kappa shape index (κ2) is 7.09. The highest BCUT2D eigenvalue weighted by atomic mass is 35.5. The third-order valence-electron chi connectivity index (χ3n) is 4.10. The van der Waals surface area contributed by atoms with Crippen LogP contribution in [0.25, 0.3) is 5.69 Å². The maximum Gasteiger partial charge on any atom is 0.349 e. The van der Waals surface area contributed by atoms with Crippen molar-refractivity contribution in [1.29, 1.82) is 0 Å². The number of aromatic amines is 1. The summed E-state index contributed by atoms with van der Waals surface area (Å²) in [6.45, 7) is 3.42. The lowest BCUT2D eigenvalue weighted by atomic mass is 9.98. The van der Waals surface area contributed by atoms with Gasteiger partial charge in [0.2, 0.25) is 0 Å². The molecule has 3 rings (SSSR count). The fourth-order valence-corrected chi connectivity index (χ4v) is 3.03. The summed E-state index contributed by atoms with van der Waals surface area (Å²) in [5.41, 5.74) is 2.79. The molecule has 3 aromatic rings. The summed E-state index contributed by atoms with van der Waals surface area (Å²) in [5.74, 6) is 0.0222. The number of hydrogen-bond acceptors (Lipinski definition) is 4. The molecule has 1 heterocycles. The van der Waals surface area contributed by atoms with E-state index in [1.165, 1.54) is 6.92 Å². The number of Topliss-reactive ketones (excluding diaryl/α,β-unsaturated/α-hetero) is 1. The maximum atomic E-state index is 11.9. The zero-order chi connectivity index (χ0) is 18.8. The van der Waals surface area contributed by atoms with E-state index in [9.17, 15) is 14.4 Å². The minimum Gasteiger partial charge on any atom is -0.295 e. The van der Waals surface area contributed by atoms with Crippen molar-refractivity contribution < 1.29 is 4.79 Å². The standard InChI is InChI=1S/C19H16ClN3O3/c1-11-7-15(23-19(26)22-18(25)10-21-23)9-17(20)16(11)8-13-3-5-14(6-4-13)12(2)24/h3-7,9-10H,8H2,1-2H3,(H,22,25,26). The average molecular weight is 370 g/mol. The normalized spacial score (nSPS) is 10.7. The van der Waals surface area contributed by atoms with Crippen molar-refractivity contribution in [2.75, 3.05) is 0 Å². The van der Waals surface area contributed by atoms with Gasteiger partial charge in [-0.3, -0.25) is 14.6 Å². The van der Waals surface area contributed by atoms with Gasteiger partial charge in [-0.15, -0.1) is 0 Å². The first kappa shape index (κ1) is 17.8. The van der Waals surface area contributed by atoms with E-state index in [0.29, 0.717) is 22.7 Å². The number of rotatable bonds is 4. The number of halogens is 1. The molecule has 26 heavy (non-hydrogen) atoms. The van der Waals surface area contributed by atoms with Crippen molar-refractivity contribution in [2.24, 2.45) is 0 Å². The van der Waals surface area contributed by atoms with E-state index in [1.807, 2.05) is 19.1 Å². The highest BCUT2D eigenvalue weighted by Gasteiger charge is 2.11. The van der Waals surface area contributed by atoms with E-state index in [4.69, 9.17) is 11.6 Å². The predicted molar refractivity (Wildman–Crippen MR) is 99.5 cm³/mol. The first-order chi connectivity index (χ1) is 12.3. The van der Waals surface area contributed by atoms with Crippen LogP contribution >= 0.6 is 11.6 Å². The fourth-order valence-electron chi connectivity index (χ4n) is 2.70. The molecule has 1 aromatic heterocycles. The molecule has 0 aliphatic heterocycles. The molecular formula is C19H16ClN3O3. The van der Waals surface area contributed by atoms with E-state index in [0.717, 1.165) is 27.6 Å². The molecule has 0 spiro atoms. The van der Waals surface area contributed by atoms with Crippen LogP contribution in [0.15, 0.2) is 52.2 Å². The summed E-state index contributed by atoms with van der Waals surface area (Å²) < 4.78 is 1.09. The number of carbonyl (C=O) groups is 1. The molecule has 0 fully saturated rings. The van der Waals surface area contributed by atoms with Gasteiger partial charge in [0.1, 0.15) is 6.20 Å². The molecule has 132 valence electrons. The number of nitrogens with zero attached hydrogens (tertiary/aromatic N) is 2. The Hall–Kier alpha value is -2.99. The Balaban J connectivity index is 1.96. The zero-order valence-electron chi connectivity index (χ0n) is 14.2. The number of benzene rings is 2. The van der Waals surface area contributed by atoms with Crippen LogP contribution in [0.1, 0.15) is 34.0 Å². The SMILES string of the molecule is CC(=O)c1ccc(Cc2c(C)cc(-n3ncc(=O)[nH]c3=O)cc2Cl)cc1. The van der Waals surface area contributed by atoms with Crippen LogP contribution in [0.5, 0.6) is 0 Å². The largest absolute Gasteiger partial charge is 0.349 e. The molecule has 0 radical (unpaired) electrons. The van der Waals surface area contributed by atoms with E-state index >= 15 is 0 Å². The smallest absolute Gasteiger partial charge is 0.295 e. The molecule has 0 atom stereocenters. The van der Waals surface area contributed by atoms with Gasteiger partial charge >= 0.3 is 5.69 Å². The van der Waals surface area contributed by atoms with Gasteiger partial charge in [0.05, 0.1) is 5.69 Å². The molecule has 1 N–H and O–H groups in total. The van der Waals surface area contributed by atoms with Crippen molar-refractivity contribution in [3.05, 3.63) is 90.7 Å². The maximum absolute atomic E-state index is 11.9. The summed E-state index contributed by atoms with van der Waals surface area (Å²) in [7, 11) is 0. The van der Waals surface area contributed by atoms with E-state index in [1.54, 1.807) is 24.3 Å². The average Bonchev–Trinajstić information content (AvgIpc) is 2.58. The Labute approximate surface area is 154 Å². The second-order valence-electron chi connectivity index (χ2n) is 6.00. The van der Waals surface area contributed by atoms with E-state index in [-0.39, 0.29) is 5.78 Å². The molecule has 0 amide bonds. The van der Waals surface area contributed by atoms with Gasteiger partial charge in [0, 0.05) is 10.6 Å². The first-order valence-corrected chi connectivity index (χ1v) is 8.31. The highest BCUT2D eigenvalue weighted by Crippen LogP contribution is 2.26. The lowest BCUT2D eigenvalue weighted by molar-refractivity contribution is 0.101. The first-order valence-electron chi connectivity index (χ1n) is 7.93. The van der Waals surface area contributed by atoms with Crippen LogP contribution < -0.4 is 11.2 Å². The third kappa shape index (κ3) is 3.65. The Kier molecular flexibility index (Phi) is 4.86. The van der Waals surface area contributed by atoms with Crippen molar-refractivity contribution in [3.8, 4) is 5.69 Å². The van der Waals surface area contributed by atoms with Crippen molar-refractivity contribution >= 4 is 17.4 Å². The van der Waals surface area contributed by atoms with Gasteiger partial charge in [0.15, 0.2) is 5.78 Å². The Morgan fingerprint density at radius 1 is 1.19 bits per heavy atom. The fraction of sp³-hybridized carbons (Fsp3) is 0.158. The minimum absolute atomic E-state index is 0.0222. The Bertz CT molecular complexity index is 1070. The Morgan fingerprint density at radius 2 is 1.88 bits per heavy atom. The molecule has 7 heteroatoms. The predicted octanol–water partition coefficient (Wildman–Crippen LogP) is 2.68. The van der Waals surface area contributed by atoms with Crippen molar-refractivity contribution in [3.63, 3.8) is 0 Å². The molecule has 0 saturated carbocycles. The number of carbonyl (C=O) groups excluding carboxylic acids is 1. The molecule has 0 unspecified atom stereocenters. The lowest BCUT2D eigenvalue weighted by Gasteiger charge is -2.12. The van der Waals surface area contributed by atoms with Gasteiger partial charge in [-0.2, -0.15) is 9.78 Å². The van der Waals surface area contributed by atoms with Gasteiger partial charge in [0.25, 0.3) is 5.56 Å². The van der Waals surface area contributed by atoms with Gasteiger partial charge in [-0.05, 0) is 49.1 Å². The quantitative estimate of drug-likeness (QED) is 0.716. The number of H-pyrrole nitrogens is 1. The van der Waals surface area contributed by atoms with E-state index < -0.39 is 11.2 Å². The summed E-state index contributed by atoms with van der Waals surface area (Å²) in [4.78, 5) is 36.6. The van der Waals surface area contributed by atoms with Gasteiger partial charge in [-0.25, -0.2) is 4.79 Å². The number of ketones is 1. The van der Waals surface area contributed by atoms with Crippen LogP contribution in [-0.4, -0.2) is 20.5 Å². The molecule has 0 aliphatic rings.